The fourth-order valence-electron chi connectivity index (χ4n) is 2.53. The molecule has 1 aromatic carbocycles. The van der Waals surface area contributed by atoms with Gasteiger partial charge in [0.05, 0.1) is 30.8 Å². The predicted molar refractivity (Wildman–Crippen MR) is 94.7 cm³/mol. The van der Waals surface area contributed by atoms with Gasteiger partial charge in [0.15, 0.2) is 6.61 Å². The van der Waals surface area contributed by atoms with E-state index in [-0.39, 0.29) is 31.4 Å². The minimum Gasteiger partial charge on any atom is -0.495 e. The third-order valence-electron chi connectivity index (χ3n) is 4.04. The highest BCUT2D eigenvalue weighted by Gasteiger charge is 2.37. The summed E-state index contributed by atoms with van der Waals surface area (Å²) >= 11 is 6.15. The molecule has 142 valence electrons. The van der Waals surface area contributed by atoms with Crippen molar-refractivity contribution in [2.75, 3.05) is 46.4 Å². The van der Waals surface area contributed by atoms with Crippen LogP contribution in [0.2, 0.25) is 5.02 Å². The maximum absolute atomic E-state index is 12.4. The number of halogens is 1. The van der Waals surface area contributed by atoms with Crippen LogP contribution in [0.1, 0.15) is 6.42 Å². The predicted octanol–water partition coefficient (Wildman–Crippen LogP) is 1.34. The van der Waals surface area contributed by atoms with Gasteiger partial charge in [-0.25, -0.2) is 0 Å². The minimum absolute atomic E-state index is 0.0121. The van der Waals surface area contributed by atoms with Gasteiger partial charge < -0.3 is 24.0 Å². The molecule has 2 amide bonds. The van der Waals surface area contributed by atoms with Crippen LogP contribution in [0.4, 0.5) is 5.69 Å². The molecule has 0 aromatic heterocycles. The first-order valence-electron chi connectivity index (χ1n) is 7.87. The molecular formula is C17H21ClN2O6. The monoisotopic (exact) mass is 384 g/mol. The fraction of sp³-hybridized carbons (Fsp3) is 0.471. The largest absolute Gasteiger partial charge is 0.495 e. The van der Waals surface area contributed by atoms with Crippen LogP contribution >= 0.6 is 11.6 Å². The lowest BCUT2D eigenvalue weighted by Gasteiger charge is -2.20. The van der Waals surface area contributed by atoms with Crippen LogP contribution in [0.5, 0.6) is 11.5 Å². The van der Waals surface area contributed by atoms with Crippen molar-refractivity contribution in [3.05, 3.63) is 17.2 Å². The zero-order valence-corrected chi connectivity index (χ0v) is 15.8. The van der Waals surface area contributed by atoms with Gasteiger partial charge >= 0.3 is 5.97 Å². The first-order chi connectivity index (χ1) is 12.3. The normalized spacial score (nSPS) is 16.4. The SMILES string of the molecule is COc1cc(OC)c(N2CC(C(=O)OCC(=O)N(C)C)CC2=O)cc1Cl. The van der Waals surface area contributed by atoms with Gasteiger partial charge in [0.2, 0.25) is 5.91 Å². The molecule has 0 N–H and O–H groups in total. The zero-order valence-electron chi connectivity index (χ0n) is 15.1. The van der Waals surface area contributed by atoms with E-state index in [1.807, 2.05) is 0 Å². The second-order valence-corrected chi connectivity index (χ2v) is 6.37. The minimum atomic E-state index is -0.664. The summed E-state index contributed by atoms with van der Waals surface area (Å²) in [4.78, 5) is 38.8. The second-order valence-electron chi connectivity index (χ2n) is 5.96. The maximum Gasteiger partial charge on any atom is 0.311 e. The van der Waals surface area contributed by atoms with Gasteiger partial charge in [-0.15, -0.1) is 0 Å². The van der Waals surface area contributed by atoms with Gasteiger partial charge in [0.25, 0.3) is 5.91 Å². The van der Waals surface area contributed by atoms with Crippen LogP contribution in [0.3, 0.4) is 0 Å². The van der Waals surface area contributed by atoms with Crippen LogP contribution in [-0.4, -0.2) is 64.2 Å². The number of carbonyl (C=O) groups is 3. The molecule has 0 saturated carbocycles. The van der Waals surface area contributed by atoms with E-state index in [9.17, 15) is 14.4 Å². The summed E-state index contributed by atoms with van der Waals surface area (Å²) in [5, 5.41) is 0.318. The number of nitrogens with zero attached hydrogens (tertiary/aromatic N) is 2. The summed E-state index contributed by atoms with van der Waals surface area (Å²) < 4.78 is 15.5. The number of anilines is 1. The first kappa shape index (κ1) is 19.8. The number of methoxy groups -OCH3 is 2. The molecule has 26 heavy (non-hydrogen) atoms. The Balaban J connectivity index is 2.14. The molecule has 2 rings (SSSR count). The molecule has 1 unspecified atom stereocenters. The van der Waals surface area contributed by atoms with E-state index in [2.05, 4.69) is 0 Å². The standard InChI is InChI=1S/C17H21ClN2O6/c1-19(2)16(22)9-26-17(23)10-5-15(21)20(8-10)12-6-11(18)13(24-3)7-14(12)25-4/h6-7,10H,5,8-9H2,1-4H3. The summed E-state index contributed by atoms with van der Waals surface area (Å²) in [6.45, 7) is -0.235. The molecule has 1 aliphatic rings. The Morgan fingerprint density at radius 2 is 1.88 bits per heavy atom. The Morgan fingerprint density at radius 3 is 2.46 bits per heavy atom. The molecule has 8 nitrogen and oxygen atoms in total. The molecule has 0 spiro atoms. The molecule has 1 aliphatic heterocycles. The van der Waals surface area contributed by atoms with Crippen LogP contribution in [-0.2, 0) is 19.1 Å². The van der Waals surface area contributed by atoms with Gasteiger partial charge in [-0.1, -0.05) is 11.6 Å². The highest BCUT2D eigenvalue weighted by Crippen LogP contribution is 2.40. The van der Waals surface area contributed by atoms with Crippen LogP contribution in [0.15, 0.2) is 12.1 Å². The quantitative estimate of drug-likeness (QED) is 0.688. The van der Waals surface area contributed by atoms with Crippen molar-refractivity contribution >= 4 is 35.1 Å². The average molecular weight is 385 g/mol. The number of benzene rings is 1. The zero-order chi connectivity index (χ0) is 19.4. The molecule has 0 radical (unpaired) electrons. The highest BCUT2D eigenvalue weighted by molar-refractivity contribution is 6.32. The van der Waals surface area contributed by atoms with Crippen LogP contribution in [0, 0.1) is 5.92 Å². The van der Waals surface area contributed by atoms with E-state index in [1.165, 1.54) is 24.0 Å². The van der Waals surface area contributed by atoms with Gasteiger partial charge in [-0.3, -0.25) is 14.4 Å². The summed E-state index contributed by atoms with van der Waals surface area (Å²) in [7, 11) is 6.07. The lowest BCUT2D eigenvalue weighted by Crippen LogP contribution is -2.30. The van der Waals surface area contributed by atoms with Crippen LogP contribution < -0.4 is 14.4 Å². The topological polar surface area (TPSA) is 85.4 Å². The molecule has 1 saturated heterocycles. The van der Waals surface area contributed by atoms with Crippen molar-refractivity contribution in [3.63, 3.8) is 0 Å². The Kier molecular flexibility index (Phi) is 6.31. The Hall–Kier alpha value is -2.48. The summed E-state index contributed by atoms with van der Waals surface area (Å²) in [5.74, 6) is -1.03. The Morgan fingerprint density at radius 1 is 1.23 bits per heavy atom. The third kappa shape index (κ3) is 4.19. The second kappa shape index (κ2) is 8.27. The van der Waals surface area contributed by atoms with E-state index in [4.69, 9.17) is 25.8 Å². The van der Waals surface area contributed by atoms with Crippen molar-refractivity contribution in [2.45, 2.75) is 6.42 Å². The number of likely N-dealkylation sites (N-methyl/N-ethyl adjacent to an activating group) is 1. The summed E-state index contributed by atoms with van der Waals surface area (Å²) in [6.07, 6.45) is -0.0121. The molecular weight excluding hydrogens is 364 g/mol. The molecule has 1 aromatic rings. The van der Waals surface area contributed by atoms with Crippen LogP contribution in [0.25, 0.3) is 0 Å². The molecule has 1 atom stereocenters. The van der Waals surface area contributed by atoms with Crippen molar-refractivity contribution in [2.24, 2.45) is 5.92 Å². The van der Waals surface area contributed by atoms with Crippen molar-refractivity contribution in [1.29, 1.82) is 0 Å². The van der Waals surface area contributed by atoms with Crippen molar-refractivity contribution < 1.29 is 28.6 Å². The Bertz CT molecular complexity index is 721. The van der Waals surface area contributed by atoms with E-state index < -0.39 is 11.9 Å². The number of hydrogen-bond acceptors (Lipinski definition) is 6. The number of ether oxygens (including phenoxy) is 3. The summed E-state index contributed by atoms with van der Waals surface area (Å²) in [5.41, 5.74) is 0.447. The maximum atomic E-state index is 12.4. The van der Waals surface area contributed by atoms with Crippen molar-refractivity contribution in [1.82, 2.24) is 4.90 Å². The molecule has 1 fully saturated rings. The fourth-order valence-corrected chi connectivity index (χ4v) is 2.77. The Labute approximate surface area is 156 Å². The highest BCUT2D eigenvalue weighted by atomic mass is 35.5. The van der Waals surface area contributed by atoms with E-state index in [0.29, 0.717) is 22.2 Å². The van der Waals surface area contributed by atoms with E-state index in [1.54, 1.807) is 26.2 Å². The van der Waals surface area contributed by atoms with E-state index in [0.717, 1.165) is 0 Å². The lowest BCUT2D eigenvalue weighted by molar-refractivity contribution is -0.154. The van der Waals surface area contributed by atoms with Gasteiger partial charge in [0, 0.05) is 33.1 Å². The van der Waals surface area contributed by atoms with E-state index >= 15 is 0 Å². The van der Waals surface area contributed by atoms with Gasteiger partial charge in [-0.05, 0) is 6.07 Å². The third-order valence-corrected chi connectivity index (χ3v) is 4.33. The number of rotatable bonds is 6. The van der Waals surface area contributed by atoms with Gasteiger partial charge in [-0.2, -0.15) is 0 Å². The molecule has 0 bridgehead atoms. The van der Waals surface area contributed by atoms with Crippen molar-refractivity contribution in [3.8, 4) is 11.5 Å². The smallest absolute Gasteiger partial charge is 0.311 e. The molecule has 9 heteroatoms. The number of carbonyl (C=O) groups excluding carboxylic acids is 3. The first-order valence-corrected chi connectivity index (χ1v) is 8.25. The van der Waals surface area contributed by atoms with Gasteiger partial charge in [0.1, 0.15) is 11.5 Å². The lowest BCUT2D eigenvalue weighted by atomic mass is 10.1. The number of esters is 1. The number of hydrogen-bond donors (Lipinski definition) is 0. The molecule has 1 heterocycles. The summed E-state index contributed by atoms with van der Waals surface area (Å²) in [6, 6.07) is 3.13. The average Bonchev–Trinajstić information content (AvgIpc) is 3.00. The molecule has 0 aliphatic carbocycles. The number of amides is 2.